The molecule has 0 aliphatic carbocycles. The summed E-state index contributed by atoms with van der Waals surface area (Å²) < 4.78 is 1.63. The maximum atomic E-state index is 11.8. The van der Waals surface area contributed by atoms with Crippen molar-refractivity contribution >= 4 is 5.91 Å². The van der Waals surface area contributed by atoms with E-state index >= 15 is 0 Å². The maximum absolute atomic E-state index is 11.8. The summed E-state index contributed by atoms with van der Waals surface area (Å²) in [6, 6.07) is 10.6. The standard InChI is InChI=1S/C14H14N2O2/c1-10-3-2-8-16(14(10)18)9-11-4-6-12(7-5-11)13(15)17/h2-8H,9H2,1H3,(H2,15,17). The van der Waals surface area contributed by atoms with E-state index in [1.54, 1.807) is 48.0 Å². The second-order valence-electron chi connectivity index (χ2n) is 4.19. The Morgan fingerprint density at radius 2 is 1.89 bits per heavy atom. The maximum Gasteiger partial charge on any atom is 0.253 e. The van der Waals surface area contributed by atoms with Crippen molar-refractivity contribution < 1.29 is 4.79 Å². The first-order valence-corrected chi connectivity index (χ1v) is 5.63. The molecule has 0 radical (unpaired) electrons. The van der Waals surface area contributed by atoms with Gasteiger partial charge in [-0.15, -0.1) is 0 Å². The van der Waals surface area contributed by atoms with Gasteiger partial charge in [0.1, 0.15) is 0 Å². The van der Waals surface area contributed by atoms with Crippen LogP contribution in [0.15, 0.2) is 47.4 Å². The number of benzene rings is 1. The van der Waals surface area contributed by atoms with Gasteiger partial charge < -0.3 is 10.3 Å². The average molecular weight is 242 g/mol. The number of pyridine rings is 1. The van der Waals surface area contributed by atoms with E-state index in [9.17, 15) is 9.59 Å². The van der Waals surface area contributed by atoms with Crippen molar-refractivity contribution in [3.63, 3.8) is 0 Å². The molecule has 2 aromatic rings. The van der Waals surface area contributed by atoms with Crippen LogP contribution in [-0.2, 0) is 6.54 Å². The molecule has 0 aliphatic heterocycles. The Morgan fingerprint density at radius 1 is 1.22 bits per heavy atom. The lowest BCUT2D eigenvalue weighted by Gasteiger charge is -2.07. The Kier molecular flexibility index (Phi) is 3.28. The normalized spacial score (nSPS) is 10.3. The first-order valence-electron chi connectivity index (χ1n) is 5.63. The lowest BCUT2D eigenvalue weighted by Crippen LogP contribution is -2.21. The summed E-state index contributed by atoms with van der Waals surface area (Å²) in [5.74, 6) is -0.450. The van der Waals surface area contributed by atoms with E-state index in [0.717, 1.165) is 5.56 Å². The van der Waals surface area contributed by atoms with Gasteiger partial charge in [-0.2, -0.15) is 0 Å². The highest BCUT2D eigenvalue weighted by Gasteiger charge is 2.02. The van der Waals surface area contributed by atoms with Crippen LogP contribution in [0, 0.1) is 6.92 Å². The van der Waals surface area contributed by atoms with E-state index in [1.807, 2.05) is 6.07 Å². The predicted octanol–water partition coefficient (Wildman–Crippen LogP) is 1.30. The number of nitrogens with two attached hydrogens (primary N) is 1. The highest BCUT2D eigenvalue weighted by Crippen LogP contribution is 2.05. The average Bonchev–Trinajstić information content (AvgIpc) is 2.36. The molecule has 2 N–H and O–H groups in total. The van der Waals surface area contributed by atoms with Gasteiger partial charge in [-0.05, 0) is 30.7 Å². The van der Waals surface area contributed by atoms with Gasteiger partial charge in [-0.25, -0.2) is 0 Å². The minimum atomic E-state index is -0.450. The summed E-state index contributed by atoms with van der Waals surface area (Å²) in [5.41, 5.74) is 7.30. The van der Waals surface area contributed by atoms with Crippen LogP contribution >= 0.6 is 0 Å². The number of rotatable bonds is 3. The lowest BCUT2D eigenvalue weighted by molar-refractivity contribution is 0.100. The van der Waals surface area contributed by atoms with E-state index in [0.29, 0.717) is 17.7 Å². The molecular formula is C14H14N2O2. The van der Waals surface area contributed by atoms with Crippen LogP contribution in [-0.4, -0.2) is 10.5 Å². The Bertz CT molecular complexity index is 627. The monoisotopic (exact) mass is 242 g/mol. The van der Waals surface area contributed by atoms with Crippen LogP contribution < -0.4 is 11.3 Å². The number of hydrogen-bond acceptors (Lipinski definition) is 2. The van der Waals surface area contributed by atoms with Gasteiger partial charge >= 0.3 is 0 Å². The Balaban J connectivity index is 2.26. The van der Waals surface area contributed by atoms with Crippen molar-refractivity contribution in [2.45, 2.75) is 13.5 Å². The summed E-state index contributed by atoms with van der Waals surface area (Å²) in [5, 5.41) is 0. The molecule has 0 spiro atoms. The van der Waals surface area contributed by atoms with Gasteiger partial charge in [0, 0.05) is 17.3 Å². The van der Waals surface area contributed by atoms with Gasteiger partial charge in [-0.3, -0.25) is 9.59 Å². The zero-order chi connectivity index (χ0) is 13.1. The summed E-state index contributed by atoms with van der Waals surface area (Å²) in [4.78, 5) is 22.8. The second-order valence-corrected chi connectivity index (χ2v) is 4.19. The Morgan fingerprint density at radius 3 is 2.50 bits per heavy atom. The quantitative estimate of drug-likeness (QED) is 0.881. The van der Waals surface area contributed by atoms with E-state index in [2.05, 4.69) is 0 Å². The molecule has 92 valence electrons. The molecule has 0 saturated heterocycles. The SMILES string of the molecule is Cc1cccn(Cc2ccc(C(N)=O)cc2)c1=O. The largest absolute Gasteiger partial charge is 0.366 e. The molecule has 0 fully saturated rings. The molecule has 4 nitrogen and oxygen atoms in total. The molecule has 0 atom stereocenters. The van der Waals surface area contributed by atoms with Gasteiger partial charge in [0.25, 0.3) is 5.56 Å². The predicted molar refractivity (Wildman–Crippen MR) is 69.5 cm³/mol. The lowest BCUT2D eigenvalue weighted by atomic mass is 10.1. The first-order chi connectivity index (χ1) is 8.58. The Hall–Kier alpha value is -2.36. The van der Waals surface area contributed by atoms with Crippen molar-refractivity contribution in [1.82, 2.24) is 4.57 Å². The number of amides is 1. The molecule has 0 bridgehead atoms. The number of aromatic nitrogens is 1. The van der Waals surface area contributed by atoms with Crippen LogP contribution in [0.3, 0.4) is 0 Å². The fourth-order valence-electron chi connectivity index (χ4n) is 1.75. The molecule has 1 amide bonds. The summed E-state index contributed by atoms with van der Waals surface area (Å²) in [6.45, 7) is 2.27. The topological polar surface area (TPSA) is 65.1 Å². The van der Waals surface area contributed by atoms with Crippen LogP contribution in [0.5, 0.6) is 0 Å². The van der Waals surface area contributed by atoms with Crippen molar-refractivity contribution in [1.29, 1.82) is 0 Å². The fourth-order valence-corrected chi connectivity index (χ4v) is 1.75. The highest BCUT2D eigenvalue weighted by atomic mass is 16.1. The van der Waals surface area contributed by atoms with Gasteiger partial charge in [0.05, 0.1) is 6.54 Å². The molecule has 0 unspecified atom stereocenters. The molecule has 1 aromatic carbocycles. The number of nitrogens with zero attached hydrogens (tertiary/aromatic N) is 1. The fraction of sp³-hybridized carbons (Fsp3) is 0.143. The number of aryl methyl sites for hydroxylation is 1. The molecule has 1 heterocycles. The van der Waals surface area contributed by atoms with Gasteiger partial charge in [0.15, 0.2) is 0 Å². The molecule has 4 heteroatoms. The Labute approximate surface area is 105 Å². The van der Waals surface area contributed by atoms with E-state index in [4.69, 9.17) is 5.73 Å². The van der Waals surface area contributed by atoms with E-state index in [-0.39, 0.29) is 5.56 Å². The minimum absolute atomic E-state index is 0.00326. The second kappa shape index (κ2) is 4.87. The van der Waals surface area contributed by atoms with Crippen molar-refractivity contribution in [2.24, 2.45) is 5.73 Å². The molecular weight excluding hydrogens is 228 g/mol. The summed E-state index contributed by atoms with van der Waals surface area (Å²) in [7, 11) is 0. The molecule has 1 aromatic heterocycles. The summed E-state index contributed by atoms with van der Waals surface area (Å²) >= 11 is 0. The highest BCUT2D eigenvalue weighted by molar-refractivity contribution is 5.92. The van der Waals surface area contributed by atoms with Gasteiger partial charge in [-0.1, -0.05) is 18.2 Å². The zero-order valence-electron chi connectivity index (χ0n) is 10.1. The zero-order valence-corrected chi connectivity index (χ0v) is 10.1. The minimum Gasteiger partial charge on any atom is -0.366 e. The van der Waals surface area contributed by atoms with Crippen molar-refractivity contribution in [2.75, 3.05) is 0 Å². The number of primary amides is 1. The summed E-state index contributed by atoms with van der Waals surface area (Å²) in [6.07, 6.45) is 1.75. The van der Waals surface area contributed by atoms with Crippen molar-refractivity contribution in [3.8, 4) is 0 Å². The third kappa shape index (κ3) is 2.48. The molecule has 18 heavy (non-hydrogen) atoms. The van der Waals surface area contributed by atoms with Crippen LogP contribution in [0.1, 0.15) is 21.5 Å². The smallest absolute Gasteiger partial charge is 0.253 e. The van der Waals surface area contributed by atoms with E-state index < -0.39 is 5.91 Å². The molecule has 0 saturated carbocycles. The first kappa shape index (κ1) is 12.1. The molecule has 2 rings (SSSR count). The van der Waals surface area contributed by atoms with Crippen molar-refractivity contribution in [3.05, 3.63) is 69.6 Å². The third-order valence-corrected chi connectivity index (χ3v) is 2.80. The third-order valence-electron chi connectivity index (χ3n) is 2.80. The van der Waals surface area contributed by atoms with Crippen LogP contribution in [0.2, 0.25) is 0 Å². The van der Waals surface area contributed by atoms with E-state index in [1.165, 1.54) is 0 Å². The van der Waals surface area contributed by atoms with Crippen LogP contribution in [0.4, 0.5) is 0 Å². The number of carbonyl (C=O) groups is 1. The van der Waals surface area contributed by atoms with Crippen LogP contribution in [0.25, 0.3) is 0 Å². The van der Waals surface area contributed by atoms with Gasteiger partial charge in [0.2, 0.25) is 5.91 Å². The number of hydrogen-bond donors (Lipinski definition) is 1. The number of carbonyl (C=O) groups excluding carboxylic acids is 1. The molecule has 0 aliphatic rings.